The summed E-state index contributed by atoms with van der Waals surface area (Å²) in [5, 5.41) is 0. The van der Waals surface area contributed by atoms with Crippen LogP contribution in [0.3, 0.4) is 0 Å². The molecule has 1 aliphatic heterocycles. The average Bonchev–Trinajstić information content (AvgIpc) is 3.15. The Kier molecular flexibility index (Phi) is 10.4. The molecular formula is C27H36AgClN2-. The van der Waals surface area contributed by atoms with Crippen LogP contribution in [0.15, 0.2) is 48.8 Å². The molecule has 0 saturated heterocycles. The molecule has 3 radical (unpaired) electrons. The molecule has 0 fully saturated rings. The molecule has 2 aromatic carbocycles. The largest absolute Gasteiger partial charge is 1.00 e. The summed E-state index contributed by atoms with van der Waals surface area (Å²) >= 11 is 0. The third-order valence-corrected chi connectivity index (χ3v) is 5.75. The maximum absolute atomic E-state index is 3.66. The average molecular weight is 532 g/mol. The van der Waals surface area contributed by atoms with Gasteiger partial charge in [-0.1, -0.05) is 91.8 Å². The number of rotatable bonds is 6. The summed E-state index contributed by atoms with van der Waals surface area (Å²) < 4.78 is 0. The van der Waals surface area contributed by atoms with E-state index >= 15 is 0 Å². The Morgan fingerprint density at radius 2 is 0.806 bits per heavy atom. The van der Waals surface area contributed by atoms with Crippen molar-refractivity contribution in [2.45, 2.75) is 79.1 Å². The molecule has 0 amide bonds. The number of anilines is 2. The van der Waals surface area contributed by atoms with Crippen LogP contribution in [0.25, 0.3) is 0 Å². The number of hydrogen-bond donors (Lipinski definition) is 0. The van der Waals surface area contributed by atoms with Crippen molar-refractivity contribution in [2.24, 2.45) is 0 Å². The topological polar surface area (TPSA) is 6.48 Å². The zero-order chi connectivity index (χ0) is 21.3. The van der Waals surface area contributed by atoms with Crippen molar-refractivity contribution in [2.75, 3.05) is 9.80 Å². The molecule has 1 heterocycles. The fourth-order valence-electron chi connectivity index (χ4n) is 4.14. The first-order chi connectivity index (χ1) is 13.7. The summed E-state index contributed by atoms with van der Waals surface area (Å²) in [7, 11) is 0. The van der Waals surface area contributed by atoms with Crippen molar-refractivity contribution in [3.05, 3.63) is 77.7 Å². The molecule has 173 valence electrons. The number of nitrogens with zero attached hydrogens (tertiary/aromatic N) is 2. The first kappa shape index (κ1) is 27.8. The van der Waals surface area contributed by atoms with Gasteiger partial charge in [0.2, 0.25) is 6.67 Å². The molecule has 0 saturated carbocycles. The van der Waals surface area contributed by atoms with Gasteiger partial charge in [0.15, 0.2) is 0 Å². The zero-order valence-corrected chi connectivity index (χ0v) is 22.2. The molecule has 31 heavy (non-hydrogen) atoms. The Labute approximate surface area is 212 Å². The van der Waals surface area contributed by atoms with E-state index in [1.165, 1.54) is 33.6 Å². The number of halogens is 1. The fourth-order valence-corrected chi connectivity index (χ4v) is 4.14. The Bertz CT molecular complexity index is 763. The molecule has 0 aliphatic carbocycles. The van der Waals surface area contributed by atoms with Crippen LogP contribution in [-0.4, -0.2) is 0 Å². The van der Waals surface area contributed by atoms with Crippen LogP contribution in [0.1, 0.15) is 101 Å². The van der Waals surface area contributed by atoms with Crippen molar-refractivity contribution in [1.82, 2.24) is 0 Å². The molecule has 0 N–H and O–H groups in total. The Morgan fingerprint density at radius 1 is 0.548 bits per heavy atom. The standard InChI is InChI=1S/C27H36N2.Ag.ClH/c1-18(2)22-11-9-12-23(19(3)4)26(22)28-15-16-29(17-28)27-24(20(5)6)13-10-14-25(27)21(7)8;;/h9-16,18-21H,1-8H3;;1H/p-1. The third-order valence-electron chi connectivity index (χ3n) is 5.75. The van der Waals surface area contributed by atoms with Crippen molar-refractivity contribution < 1.29 is 34.8 Å². The predicted molar refractivity (Wildman–Crippen MR) is 127 cm³/mol. The summed E-state index contributed by atoms with van der Waals surface area (Å²) in [6.07, 6.45) is 4.32. The van der Waals surface area contributed by atoms with E-state index in [0.717, 1.165) is 0 Å². The molecule has 0 spiro atoms. The quantitative estimate of drug-likeness (QED) is 0.486. The van der Waals surface area contributed by atoms with Gasteiger partial charge in [-0.05, 0) is 45.9 Å². The van der Waals surface area contributed by atoms with Crippen molar-refractivity contribution in [3.8, 4) is 0 Å². The smallest absolute Gasteiger partial charge is 0.217 e. The molecule has 2 nitrogen and oxygen atoms in total. The van der Waals surface area contributed by atoms with E-state index in [1.807, 2.05) is 0 Å². The van der Waals surface area contributed by atoms with Gasteiger partial charge in [0.05, 0.1) is 11.4 Å². The molecule has 1 aliphatic rings. The summed E-state index contributed by atoms with van der Waals surface area (Å²) in [6.45, 7) is 21.8. The monoisotopic (exact) mass is 530 g/mol. The fraction of sp³-hybridized carbons (Fsp3) is 0.444. The second kappa shape index (κ2) is 11.6. The van der Waals surface area contributed by atoms with Gasteiger partial charge in [-0.25, -0.2) is 0 Å². The van der Waals surface area contributed by atoms with Crippen LogP contribution in [0.4, 0.5) is 11.4 Å². The Hall–Kier alpha value is -1.19. The third kappa shape index (κ3) is 5.79. The van der Waals surface area contributed by atoms with Crippen molar-refractivity contribution >= 4 is 11.4 Å². The van der Waals surface area contributed by atoms with E-state index in [1.54, 1.807) is 0 Å². The number of hydrogen-bond acceptors (Lipinski definition) is 2. The molecule has 0 unspecified atom stereocenters. The molecule has 0 atom stereocenters. The van der Waals surface area contributed by atoms with Crippen LogP contribution in [0.5, 0.6) is 0 Å². The van der Waals surface area contributed by atoms with E-state index in [4.69, 9.17) is 0 Å². The van der Waals surface area contributed by atoms with Gasteiger partial charge in [0, 0.05) is 34.8 Å². The van der Waals surface area contributed by atoms with Crippen molar-refractivity contribution in [1.29, 1.82) is 0 Å². The molecule has 3 rings (SSSR count). The normalized spacial score (nSPS) is 13.4. The van der Waals surface area contributed by atoms with Crippen LogP contribution < -0.4 is 22.2 Å². The molecule has 4 heteroatoms. The molecular weight excluding hydrogens is 496 g/mol. The minimum Gasteiger partial charge on any atom is -1.00 e. The summed E-state index contributed by atoms with van der Waals surface area (Å²) in [4.78, 5) is 4.40. The minimum atomic E-state index is 0. The maximum Gasteiger partial charge on any atom is 0.217 e. The first-order valence-electron chi connectivity index (χ1n) is 11.0. The zero-order valence-electron chi connectivity index (χ0n) is 20.0. The Balaban J connectivity index is 0.00000240. The SMILES string of the molecule is CC(C)c1cccc(C(C)C)c1N1[C]N(c2c(C(C)C)cccc2C(C)C)C=C1.[Ag].[Cl-]. The Morgan fingerprint density at radius 3 is 1.03 bits per heavy atom. The second-order valence-corrected chi connectivity index (χ2v) is 9.33. The van der Waals surface area contributed by atoms with E-state index in [0.29, 0.717) is 23.7 Å². The van der Waals surface area contributed by atoms with Crippen LogP contribution >= 0.6 is 0 Å². The van der Waals surface area contributed by atoms with Gasteiger partial charge < -0.3 is 22.2 Å². The van der Waals surface area contributed by atoms with Gasteiger partial charge in [-0.15, -0.1) is 0 Å². The van der Waals surface area contributed by atoms with Crippen LogP contribution in [0, 0.1) is 6.67 Å². The van der Waals surface area contributed by atoms with Crippen molar-refractivity contribution in [3.63, 3.8) is 0 Å². The minimum absolute atomic E-state index is 0. The van der Waals surface area contributed by atoms with Gasteiger partial charge in [0.25, 0.3) is 0 Å². The van der Waals surface area contributed by atoms with Gasteiger partial charge in [-0.3, -0.25) is 0 Å². The van der Waals surface area contributed by atoms with E-state index < -0.39 is 0 Å². The molecule has 0 bridgehead atoms. The first-order valence-corrected chi connectivity index (χ1v) is 11.0. The van der Waals surface area contributed by atoms with Crippen LogP contribution in [0.2, 0.25) is 0 Å². The van der Waals surface area contributed by atoms with E-state index in [-0.39, 0.29) is 34.8 Å². The number of para-hydroxylation sites is 2. The predicted octanol–water partition coefficient (Wildman–Crippen LogP) is 4.98. The van der Waals surface area contributed by atoms with E-state index in [2.05, 4.69) is 121 Å². The summed E-state index contributed by atoms with van der Waals surface area (Å²) in [5.41, 5.74) is 8.05. The molecule has 2 aromatic rings. The van der Waals surface area contributed by atoms with Gasteiger partial charge >= 0.3 is 0 Å². The van der Waals surface area contributed by atoms with Gasteiger partial charge in [0.1, 0.15) is 0 Å². The summed E-state index contributed by atoms with van der Waals surface area (Å²) in [6, 6.07) is 13.4. The van der Waals surface area contributed by atoms with E-state index in [9.17, 15) is 0 Å². The van der Waals surface area contributed by atoms with Gasteiger partial charge in [-0.2, -0.15) is 0 Å². The second-order valence-electron chi connectivity index (χ2n) is 9.33. The molecule has 0 aromatic heterocycles. The maximum atomic E-state index is 3.66. The summed E-state index contributed by atoms with van der Waals surface area (Å²) in [5.74, 6) is 1.84. The van der Waals surface area contributed by atoms with Crippen LogP contribution in [-0.2, 0) is 22.4 Å². The number of benzene rings is 2.